The van der Waals surface area contributed by atoms with Crippen LogP contribution in [0.15, 0.2) is 24.3 Å². The van der Waals surface area contributed by atoms with Crippen molar-refractivity contribution < 1.29 is 14.3 Å². The van der Waals surface area contributed by atoms with Gasteiger partial charge in [-0.15, -0.1) is 0 Å². The summed E-state index contributed by atoms with van der Waals surface area (Å²) in [6.07, 6.45) is 0.989. The summed E-state index contributed by atoms with van der Waals surface area (Å²) in [5, 5.41) is 6.02. The fraction of sp³-hybridized carbons (Fsp3) is 0.533. The molecular weight excluding hydrogens is 256 g/mol. The number of methoxy groups -OCH3 is 1. The molecule has 1 aromatic rings. The minimum Gasteiger partial charge on any atom is -0.488 e. The second-order valence-electron chi connectivity index (χ2n) is 4.97. The average molecular weight is 278 g/mol. The summed E-state index contributed by atoms with van der Waals surface area (Å²) in [5.41, 5.74) is 1.23. The highest BCUT2D eigenvalue weighted by Crippen LogP contribution is 2.27. The molecule has 0 bridgehead atoms. The van der Waals surface area contributed by atoms with Crippen LogP contribution in [0.5, 0.6) is 5.75 Å². The molecule has 0 saturated heterocycles. The Balaban J connectivity index is 1.70. The molecule has 0 aromatic heterocycles. The van der Waals surface area contributed by atoms with Crippen molar-refractivity contribution in [2.45, 2.75) is 25.5 Å². The number of para-hydroxylation sites is 1. The van der Waals surface area contributed by atoms with Gasteiger partial charge in [-0.25, -0.2) is 0 Å². The van der Waals surface area contributed by atoms with Crippen LogP contribution >= 0.6 is 0 Å². The molecule has 0 spiro atoms. The predicted molar refractivity (Wildman–Crippen MR) is 76.9 cm³/mol. The van der Waals surface area contributed by atoms with Crippen molar-refractivity contribution in [3.8, 4) is 5.75 Å². The third-order valence-electron chi connectivity index (χ3n) is 3.36. The van der Waals surface area contributed by atoms with Crippen molar-refractivity contribution in [2.75, 3.05) is 26.8 Å². The molecule has 5 nitrogen and oxygen atoms in total. The van der Waals surface area contributed by atoms with E-state index in [1.54, 1.807) is 7.11 Å². The van der Waals surface area contributed by atoms with Crippen LogP contribution in [-0.2, 0) is 16.0 Å². The highest BCUT2D eigenvalue weighted by molar-refractivity contribution is 5.81. The van der Waals surface area contributed by atoms with Crippen molar-refractivity contribution in [1.82, 2.24) is 10.6 Å². The van der Waals surface area contributed by atoms with Crippen LogP contribution in [0, 0.1) is 0 Å². The summed E-state index contributed by atoms with van der Waals surface area (Å²) in [7, 11) is 1.61. The Morgan fingerprint density at radius 3 is 3.05 bits per heavy atom. The molecule has 20 heavy (non-hydrogen) atoms. The Morgan fingerprint density at radius 1 is 1.50 bits per heavy atom. The molecule has 110 valence electrons. The first-order valence-corrected chi connectivity index (χ1v) is 6.95. The van der Waals surface area contributed by atoms with E-state index < -0.39 is 0 Å². The third kappa shape index (κ3) is 3.95. The molecule has 5 heteroatoms. The van der Waals surface area contributed by atoms with Gasteiger partial charge in [0.2, 0.25) is 5.91 Å². The maximum absolute atomic E-state index is 11.8. The standard InChI is InChI=1S/C15H22N2O3/c1-11(15(18)16-7-8-19-2)17-10-13-9-12-5-3-4-6-14(12)20-13/h3-6,11,13,17H,7-10H2,1-2H3,(H,16,18). The smallest absolute Gasteiger partial charge is 0.236 e. The first kappa shape index (κ1) is 14.8. The van der Waals surface area contributed by atoms with Gasteiger partial charge >= 0.3 is 0 Å². The Labute approximate surface area is 119 Å². The molecule has 1 amide bonds. The normalized spacial score (nSPS) is 18.2. The van der Waals surface area contributed by atoms with Gasteiger partial charge in [0, 0.05) is 26.6 Å². The van der Waals surface area contributed by atoms with Crippen LogP contribution in [0.25, 0.3) is 0 Å². The topological polar surface area (TPSA) is 59.6 Å². The lowest BCUT2D eigenvalue weighted by atomic mass is 10.1. The molecule has 2 rings (SSSR count). The zero-order valence-electron chi connectivity index (χ0n) is 12.0. The van der Waals surface area contributed by atoms with Crippen molar-refractivity contribution in [1.29, 1.82) is 0 Å². The van der Waals surface area contributed by atoms with Crippen molar-refractivity contribution >= 4 is 5.91 Å². The minimum atomic E-state index is -0.237. The van der Waals surface area contributed by atoms with E-state index in [9.17, 15) is 4.79 Å². The monoisotopic (exact) mass is 278 g/mol. The molecule has 2 N–H and O–H groups in total. The van der Waals surface area contributed by atoms with E-state index in [4.69, 9.17) is 9.47 Å². The first-order valence-electron chi connectivity index (χ1n) is 6.95. The van der Waals surface area contributed by atoms with Gasteiger partial charge in [-0.05, 0) is 18.6 Å². The number of rotatable bonds is 7. The molecule has 1 aliphatic rings. The number of amides is 1. The van der Waals surface area contributed by atoms with Gasteiger partial charge in [-0.1, -0.05) is 18.2 Å². The predicted octanol–water partition coefficient (Wildman–Crippen LogP) is 0.731. The maximum Gasteiger partial charge on any atom is 0.236 e. The van der Waals surface area contributed by atoms with E-state index in [-0.39, 0.29) is 18.1 Å². The number of carbonyl (C=O) groups is 1. The van der Waals surface area contributed by atoms with E-state index >= 15 is 0 Å². The second-order valence-corrected chi connectivity index (χ2v) is 4.97. The summed E-state index contributed by atoms with van der Waals surface area (Å²) in [4.78, 5) is 11.8. The fourth-order valence-corrected chi connectivity index (χ4v) is 2.20. The number of hydrogen-bond donors (Lipinski definition) is 2. The van der Waals surface area contributed by atoms with Gasteiger partial charge in [0.25, 0.3) is 0 Å². The van der Waals surface area contributed by atoms with Gasteiger partial charge in [-0.3, -0.25) is 4.79 Å². The summed E-state index contributed by atoms with van der Waals surface area (Å²) in [6.45, 7) is 3.57. The van der Waals surface area contributed by atoms with Gasteiger partial charge < -0.3 is 20.1 Å². The van der Waals surface area contributed by atoms with Crippen LogP contribution in [0.2, 0.25) is 0 Å². The summed E-state index contributed by atoms with van der Waals surface area (Å²) < 4.78 is 10.7. The quantitative estimate of drug-likeness (QED) is 0.722. The third-order valence-corrected chi connectivity index (χ3v) is 3.36. The number of carbonyl (C=O) groups excluding carboxylic acids is 1. The largest absolute Gasteiger partial charge is 0.488 e. The molecule has 0 radical (unpaired) electrons. The lowest BCUT2D eigenvalue weighted by molar-refractivity contribution is -0.123. The molecule has 2 unspecified atom stereocenters. The van der Waals surface area contributed by atoms with E-state index in [0.29, 0.717) is 19.7 Å². The van der Waals surface area contributed by atoms with Gasteiger partial charge in [0.1, 0.15) is 11.9 Å². The first-order chi connectivity index (χ1) is 9.70. The summed E-state index contributed by atoms with van der Waals surface area (Å²) in [6, 6.07) is 7.82. The van der Waals surface area contributed by atoms with Crippen LogP contribution in [0.4, 0.5) is 0 Å². The van der Waals surface area contributed by atoms with Crippen LogP contribution in [0.3, 0.4) is 0 Å². The lowest BCUT2D eigenvalue weighted by Crippen LogP contribution is -2.46. The van der Waals surface area contributed by atoms with Crippen LogP contribution < -0.4 is 15.4 Å². The van der Waals surface area contributed by atoms with Gasteiger partial charge in [0.15, 0.2) is 0 Å². The van der Waals surface area contributed by atoms with Crippen LogP contribution in [0.1, 0.15) is 12.5 Å². The zero-order chi connectivity index (χ0) is 14.4. The van der Waals surface area contributed by atoms with Gasteiger partial charge in [0.05, 0.1) is 12.6 Å². The van der Waals surface area contributed by atoms with E-state index in [0.717, 1.165) is 12.2 Å². The highest BCUT2D eigenvalue weighted by Gasteiger charge is 2.23. The molecule has 1 aromatic carbocycles. The maximum atomic E-state index is 11.8. The Bertz CT molecular complexity index is 425. The van der Waals surface area contributed by atoms with Crippen LogP contribution in [-0.4, -0.2) is 44.9 Å². The average Bonchev–Trinajstić information content (AvgIpc) is 2.87. The number of hydrogen-bond acceptors (Lipinski definition) is 4. The Hall–Kier alpha value is -1.59. The molecular formula is C15H22N2O3. The van der Waals surface area contributed by atoms with E-state index in [1.807, 2.05) is 25.1 Å². The molecule has 0 saturated carbocycles. The van der Waals surface area contributed by atoms with Crippen molar-refractivity contribution in [3.63, 3.8) is 0 Å². The second kappa shape index (κ2) is 7.26. The SMILES string of the molecule is COCCNC(=O)C(C)NCC1Cc2ccccc2O1. The Kier molecular flexibility index (Phi) is 5.38. The number of ether oxygens (including phenoxy) is 2. The van der Waals surface area contributed by atoms with E-state index in [2.05, 4.69) is 16.7 Å². The number of nitrogens with one attached hydrogen (secondary N) is 2. The number of benzene rings is 1. The van der Waals surface area contributed by atoms with E-state index in [1.165, 1.54) is 5.56 Å². The molecule has 1 aliphatic heterocycles. The Morgan fingerprint density at radius 2 is 2.30 bits per heavy atom. The number of fused-ring (bicyclic) bond motifs is 1. The fourth-order valence-electron chi connectivity index (χ4n) is 2.20. The highest BCUT2D eigenvalue weighted by atomic mass is 16.5. The summed E-state index contributed by atoms with van der Waals surface area (Å²) >= 11 is 0. The summed E-state index contributed by atoms with van der Waals surface area (Å²) in [5.74, 6) is 0.939. The van der Waals surface area contributed by atoms with Crippen molar-refractivity contribution in [2.24, 2.45) is 0 Å². The zero-order valence-corrected chi connectivity index (χ0v) is 12.0. The minimum absolute atomic E-state index is 0.0161. The molecule has 0 fully saturated rings. The molecule has 2 atom stereocenters. The molecule has 0 aliphatic carbocycles. The van der Waals surface area contributed by atoms with Crippen molar-refractivity contribution in [3.05, 3.63) is 29.8 Å². The lowest BCUT2D eigenvalue weighted by Gasteiger charge is -2.17. The van der Waals surface area contributed by atoms with Gasteiger partial charge in [-0.2, -0.15) is 0 Å². The molecule has 1 heterocycles.